The van der Waals surface area contributed by atoms with Crippen LogP contribution in [0.3, 0.4) is 0 Å². The third-order valence-corrected chi connectivity index (χ3v) is 3.08. The molecule has 2 amide bonds. The van der Waals surface area contributed by atoms with Gasteiger partial charge in [0.05, 0.1) is 6.54 Å². The summed E-state index contributed by atoms with van der Waals surface area (Å²) in [6.07, 6.45) is 0.580. The largest absolute Gasteiger partial charge is 0.343 e. The molecule has 1 aliphatic rings. The van der Waals surface area contributed by atoms with E-state index in [1.165, 1.54) is 0 Å². The second-order valence-corrected chi connectivity index (χ2v) is 4.52. The maximum Gasteiger partial charge on any atom is 0.249 e. The molecular formula is C12H14ClN3O2. The van der Waals surface area contributed by atoms with Gasteiger partial charge in [-0.3, -0.25) is 9.59 Å². The number of carbonyl (C=O) groups is 2. The SMILES string of the molecule is NCC(=O)NC1CCN(c2cccc(Cl)c2)C1=O. The van der Waals surface area contributed by atoms with Crippen LogP contribution < -0.4 is 16.0 Å². The summed E-state index contributed by atoms with van der Waals surface area (Å²) in [7, 11) is 0. The van der Waals surface area contributed by atoms with Crippen LogP contribution in [-0.2, 0) is 9.59 Å². The summed E-state index contributed by atoms with van der Waals surface area (Å²) in [6, 6.07) is 6.60. The van der Waals surface area contributed by atoms with E-state index in [4.69, 9.17) is 17.3 Å². The van der Waals surface area contributed by atoms with Crippen LogP contribution in [0.5, 0.6) is 0 Å². The smallest absolute Gasteiger partial charge is 0.249 e. The van der Waals surface area contributed by atoms with E-state index >= 15 is 0 Å². The highest BCUT2D eigenvalue weighted by Crippen LogP contribution is 2.24. The fourth-order valence-corrected chi connectivity index (χ4v) is 2.15. The Morgan fingerprint density at radius 3 is 3.00 bits per heavy atom. The van der Waals surface area contributed by atoms with Crippen molar-refractivity contribution in [2.75, 3.05) is 18.0 Å². The van der Waals surface area contributed by atoms with E-state index < -0.39 is 6.04 Å². The Kier molecular flexibility index (Phi) is 3.84. The number of anilines is 1. The summed E-state index contributed by atoms with van der Waals surface area (Å²) in [5.74, 6) is -0.444. The van der Waals surface area contributed by atoms with E-state index in [-0.39, 0.29) is 18.4 Å². The first-order valence-corrected chi connectivity index (χ1v) is 6.06. The lowest BCUT2D eigenvalue weighted by molar-refractivity contribution is -0.125. The number of nitrogens with zero attached hydrogens (tertiary/aromatic N) is 1. The van der Waals surface area contributed by atoms with Gasteiger partial charge in [-0.25, -0.2) is 0 Å². The molecule has 0 radical (unpaired) electrons. The zero-order chi connectivity index (χ0) is 13.1. The van der Waals surface area contributed by atoms with E-state index in [9.17, 15) is 9.59 Å². The molecule has 1 atom stereocenters. The van der Waals surface area contributed by atoms with Gasteiger partial charge in [0.15, 0.2) is 0 Å². The number of hydrogen-bond acceptors (Lipinski definition) is 3. The number of nitrogens with one attached hydrogen (secondary N) is 1. The van der Waals surface area contributed by atoms with Crippen LogP contribution in [0.15, 0.2) is 24.3 Å². The third kappa shape index (κ3) is 2.63. The van der Waals surface area contributed by atoms with Crippen LogP contribution in [0.2, 0.25) is 5.02 Å². The first-order valence-electron chi connectivity index (χ1n) is 5.68. The molecule has 0 spiro atoms. The molecule has 1 fully saturated rings. The lowest BCUT2D eigenvalue weighted by Crippen LogP contribution is -2.43. The Labute approximate surface area is 110 Å². The molecule has 96 valence electrons. The third-order valence-electron chi connectivity index (χ3n) is 2.85. The van der Waals surface area contributed by atoms with Crippen LogP contribution in [-0.4, -0.2) is 30.9 Å². The molecule has 5 nitrogen and oxygen atoms in total. The average molecular weight is 268 g/mol. The number of halogens is 1. The van der Waals surface area contributed by atoms with E-state index in [0.29, 0.717) is 18.0 Å². The molecule has 1 saturated heterocycles. The van der Waals surface area contributed by atoms with E-state index in [0.717, 1.165) is 5.69 Å². The molecule has 0 aliphatic carbocycles. The topological polar surface area (TPSA) is 75.4 Å². The molecule has 0 bridgehead atoms. The number of benzene rings is 1. The van der Waals surface area contributed by atoms with E-state index in [2.05, 4.69) is 5.32 Å². The summed E-state index contributed by atoms with van der Waals surface area (Å²) in [6.45, 7) is 0.454. The van der Waals surface area contributed by atoms with Crippen LogP contribution >= 0.6 is 11.6 Å². The molecule has 6 heteroatoms. The first-order chi connectivity index (χ1) is 8.61. The molecule has 1 aromatic carbocycles. The van der Waals surface area contributed by atoms with Crippen LogP contribution in [0, 0.1) is 0 Å². The minimum Gasteiger partial charge on any atom is -0.343 e. The van der Waals surface area contributed by atoms with Crippen molar-refractivity contribution >= 4 is 29.1 Å². The zero-order valence-corrected chi connectivity index (χ0v) is 10.5. The predicted molar refractivity (Wildman–Crippen MR) is 69.4 cm³/mol. The molecule has 0 saturated carbocycles. The van der Waals surface area contributed by atoms with Gasteiger partial charge in [0.25, 0.3) is 0 Å². The van der Waals surface area contributed by atoms with Gasteiger partial charge >= 0.3 is 0 Å². The zero-order valence-electron chi connectivity index (χ0n) is 9.73. The Morgan fingerprint density at radius 1 is 1.56 bits per heavy atom. The van der Waals surface area contributed by atoms with Gasteiger partial charge in [0, 0.05) is 17.3 Å². The van der Waals surface area contributed by atoms with Gasteiger partial charge in [-0.2, -0.15) is 0 Å². The normalized spacial score (nSPS) is 19.1. The Morgan fingerprint density at radius 2 is 2.33 bits per heavy atom. The monoisotopic (exact) mass is 267 g/mol. The Balaban J connectivity index is 2.09. The van der Waals surface area contributed by atoms with Gasteiger partial charge in [0.1, 0.15) is 6.04 Å². The van der Waals surface area contributed by atoms with Gasteiger partial charge in [-0.1, -0.05) is 17.7 Å². The van der Waals surface area contributed by atoms with Crippen LogP contribution in [0.4, 0.5) is 5.69 Å². The molecule has 1 aromatic rings. The summed E-state index contributed by atoms with van der Waals surface area (Å²) in [4.78, 5) is 24.9. The molecule has 1 unspecified atom stereocenters. The summed E-state index contributed by atoms with van der Waals surface area (Å²) < 4.78 is 0. The molecule has 1 heterocycles. The van der Waals surface area contributed by atoms with Crippen molar-refractivity contribution in [3.05, 3.63) is 29.3 Å². The molecule has 1 aliphatic heterocycles. The van der Waals surface area contributed by atoms with E-state index in [1.807, 2.05) is 6.07 Å². The maximum atomic E-state index is 12.1. The second kappa shape index (κ2) is 5.37. The molecule has 18 heavy (non-hydrogen) atoms. The standard InChI is InChI=1S/C12H14ClN3O2/c13-8-2-1-3-9(6-8)16-5-4-10(12(16)18)15-11(17)7-14/h1-3,6,10H,4-5,7,14H2,(H,15,17). The summed E-state index contributed by atoms with van der Waals surface area (Å²) in [5, 5.41) is 3.18. The van der Waals surface area contributed by atoms with Crippen molar-refractivity contribution in [2.24, 2.45) is 5.73 Å². The fourth-order valence-electron chi connectivity index (χ4n) is 1.97. The van der Waals surface area contributed by atoms with Crippen molar-refractivity contribution in [3.63, 3.8) is 0 Å². The Bertz CT molecular complexity index is 478. The average Bonchev–Trinajstić information content (AvgIpc) is 2.71. The molecule has 2 rings (SSSR count). The van der Waals surface area contributed by atoms with Crippen LogP contribution in [0.1, 0.15) is 6.42 Å². The van der Waals surface area contributed by atoms with Gasteiger partial charge in [-0.15, -0.1) is 0 Å². The van der Waals surface area contributed by atoms with Crippen LogP contribution in [0.25, 0.3) is 0 Å². The Hall–Kier alpha value is -1.59. The van der Waals surface area contributed by atoms with Gasteiger partial charge in [-0.05, 0) is 24.6 Å². The number of nitrogens with two attached hydrogens (primary N) is 1. The molecule has 3 N–H and O–H groups in total. The van der Waals surface area contributed by atoms with Crippen molar-refractivity contribution in [2.45, 2.75) is 12.5 Å². The maximum absolute atomic E-state index is 12.1. The highest BCUT2D eigenvalue weighted by molar-refractivity contribution is 6.31. The van der Waals surface area contributed by atoms with E-state index in [1.54, 1.807) is 23.1 Å². The van der Waals surface area contributed by atoms with Crippen molar-refractivity contribution in [3.8, 4) is 0 Å². The number of amides is 2. The number of rotatable bonds is 3. The predicted octanol–water partition coefficient (Wildman–Crippen LogP) is 0.520. The molecule has 0 aromatic heterocycles. The minimum atomic E-state index is -0.486. The van der Waals surface area contributed by atoms with Crippen molar-refractivity contribution in [1.29, 1.82) is 0 Å². The second-order valence-electron chi connectivity index (χ2n) is 4.08. The lowest BCUT2D eigenvalue weighted by atomic mass is 10.2. The fraction of sp³-hybridized carbons (Fsp3) is 0.333. The first kappa shape index (κ1) is 12.9. The van der Waals surface area contributed by atoms with Crippen molar-refractivity contribution in [1.82, 2.24) is 5.32 Å². The minimum absolute atomic E-state index is 0.110. The van der Waals surface area contributed by atoms with Gasteiger partial charge < -0.3 is 16.0 Å². The highest BCUT2D eigenvalue weighted by Gasteiger charge is 2.33. The lowest BCUT2D eigenvalue weighted by Gasteiger charge is -2.17. The number of carbonyl (C=O) groups excluding carboxylic acids is 2. The summed E-state index contributed by atoms with van der Waals surface area (Å²) in [5.41, 5.74) is 5.95. The highest BCUT2D eigenvalue weighted by atomic mass is 35.5. The number of hydrogen-bond donors (Lipinski definition) is 2. The van der Waals surface area contributed by atoms with Gasteiger partial charge in [0.2, 0.25) is 11.8 Å². The molecular weight excluding hydrogens is 254 g/mol. The quantitative estimate of drug-likeness (QED) is 0.838. The summed E-state index contributed by atoms with van der Waals surface area (Å²) >= 11 is 5.89. The van der Waals surface area contributed by atoms with Crippen molar-refractivity contribution < 1.29 is 9.59 Å².